The average molecular weight is 267 g/mol. The molecule has 1 aromatic rings. The maximum atomic E-state index is 10.0. The minimum atomic E-state index is -0.309. The highest BCUT2D eigenvalue weighted by atomic mass is 14.5. The summed E-state index contributed by atoms with van der Waals surface area (Å²) < 4.78 is 0. The molecule has 1 aliphatic rings. The van der Waals surface area contributed by atoms with Gasteiger partial charge in [-0.15, -0.1) is 0 Å². The van der Waals surface area contributed by atoms with Crippen LogP contribution in [0.3, 0.4) is 0 Å². The van der Waals surface area contributed by atoms with Crippen molar-refractivity contribution in [3.8, 4) is 6.07 Å². The van der Waals surface area contributed by atoms with Gasteiger partial charge in [-0.25, -0.2) is 0 Å². The molecule has 0 bridgehead atoms. The summed E-state index contributed by atoms with van der Waals surface area (Å²) in [5.41, 5.74) is 2.17. The fraction of sp³-hybridized carbons (Fsp3) is 0.526. The first-order chi connectivity index (χ1) is 9.78. The molecule has 0 radical (unpaired) electrons. The van der Waals surface area contributed by atoms with E-state index >= 15 is 0 Å². The molecule has 0 fully saturated rings. The molecule has 0 N–H and O–H groups in total. The van der Waals surface area contributed by atoms with Crippen LogP contribution in [0.1, 0.15) is 63.5 Å². The monoisotopic (exact) mass is 267 g/mol. The third-order valence-electron chi connectivity index (χ3n) is 4.58. The molecule has 0 saturated carbocycles. The van der Waals surface area contributed by atoms with Crippen LogP contribution in [0.2, 0.25) is 0 Å². The van der Waals surface area contributed by atoms with Crippen molar-refractivity contribution < 1.29 is 0 Å². The lowest BCUT2D eigenvalue weighted by Gasteiger charge is -2.38. The van der Waals surface area contributed by atoms with Crippen molar-refractivity contribution in [1.82, 2.24) is 0 Å². The van der Waals surface area contributed by atoms with E-state index in [-0.39, 0.29) is 5.41 Å². The van der Waals surface area contributed by atoms with Gasteiger partial charge in [-0.2, -0.15) is 5.26 Å². The molecule has 2 rings (SSSR count). The van der Waals surface area contributed by atoms with E-state index in [0.29, 0.717) is 5.92 Å². The van der Waals surface area contributed by atoms with Gasteiger partial charge in [-0.3, -0.25) is 0 Å². The number of benzene rings is 1. The molecule has 0 spiro atoms. The average Bonchev–Trinajstić information content (AvgIpc) is 2.51. The summed E-state index contributed by atoms with van der Waals surface area (Å²) in [5, 5.41) is 10.0. The zero-order chi connectivity index (χ0) is 14.4. The standard InChI is InChI=1S/C19H25N/c1-3-5-10-17-13-12-16-9-7-8-11-18(16)19(17,15-20)14-6-4-2/h7-9,11-13,17H,3-6,10,14H2,1-2H3. The third-order valence-corrected chi connectivity index (χ3v) is 4.58. The smallest absolute Gasteiger partial charge is 0.0890 e. The Labute approximate surface area is 123 Å². The van der Waals surface area contributed by atoms with E-state index in [1.807, 2.05) is 0 Å². The van der Waals surface area contributed by atoms with Crippen molar-refractivity contribution in [2.45, 2.75) is 57.8 Å². The van der Waals surface area contributed by atoms with E-state index in [2.05, 4.69) is 56.3 Å². The quantitative estimate of drug-likeness (QED) is 0.670. The summed E-state index contributed by atoms with van der Waals surface area (Å²) in [6, 6.07) is 11.2. The number of unbranched alkanes of at least 4 members (excludes halogenated alkanes) is 2. The number of rotatable bonds is 6. The van der Waals surface area contributed by atoms with Crippen molar-refractivity contribution in [3.05, 3.63) is 41.5 Å². The number of allylic oxidation sites excluding steroid dienone is 1. The predicted molar refractivity (Wildman–Crippen MR) is 85.3 cm³/mol. The van der Waals surface area contributed by atoms with Gasteiger partial charge < -0.3 is 0 Å². The van der Waals surface area contributed by atoms with E-state index in [1.165, 1.54) is 24.0 Å². The summed E-state index contributed by atoms with van der Waals surface area (Å²) >= 11 is 0. The largest absolute Gasteiger partial charge is 0.197 e. The van der Waals surface area contributed by atoms with Gasteiger partial charge in [0.25, 0.3) is 0 Å². The van der Waals surface area contributed by atoms with Crippen molar-refractivity contribution in [3.63, 3.8) is 0 Å². The van der Waals surface area contributed by atoms with Crippen molar-refractivity contribution in [2.24, 2.45) is 5.92 Å². The van der Waals surface area contributed by atoms with Gasteiger partial charge in [-0.05, 0) is 29.9 Å². The van der Waals surface area contributed by atoms with E-state index in [4.69, 9.17) is 0 Å². The highest BCUT2D eigenvalue weighted by Gasteiger charge is 2.41. The van der Waals surface area contributed by atoms with Crippen LogP contribution < -0.4 is 0 Å². The Morgan fingerprint density at radius 3 is 2.60 bits per heavy atom. The summed E-state index contributed by atoms with van der Waals surface area (Å²) in [5.74, 6) is 0.369. The zero-order valence-corrected chi connectivity index (χ0v) is 12.7. The topological polar surface area (TPSA) is 23.8 Å². The molecule has 1 heteroatoms. The molecular weight excluding hydrogens is 242 g/mol. The van der Waals surface area contributed by atoms with E-state index < -0.39 is 0 Å². The molecule has 0 aliphatic heterocycles. The van der Waals surface area contributed by atoms with Crippen LogP contribution in [0.5, 0.6) is 0 Å². The Morgan fingerprint density at radius 2 is 1.90 bits per heavy atom. The molecule has 106 valence electrons. The van der Waals surface area contributed by atoms with Crippen LogP contribution in [0.15, 0.2) is 30.3 Å². The summed E-state index contributed by atoms with van der Waals surface area (Å²) in [7, 11) is 0. The summed E-state index contributed by atoms with van der Waals surface area (Å²) in [6.45, 7) is 4.43. The van der Waals surface area contributed by atoms with Crippen LogP contribution in [-0.2, 0) is 5.41 Å². The number of hydrogen-bond acceptors (Lipinski definition) is 1. The Balaban J connectivity index is 2.42. The molecule has 0 saturated heterocycles. The van der Waals surface area contributed by atoms with Gasteiger partial charge in [0.05, 0.1) is 11.5 Å². The Morgan fingerprint density at radius 1 is 1.15 bits per heavy atom. The first-order valence-corrected chi connectivity index (χ1v) is 7.97. The van der Waals surface area contributed by atoms with Crippen LogP contribution in [0.25, 0.3) is 6.08 Å². The van der Waals surface area contributed by atoms with Gasteiger partial charge in [0.2, 0.25) is 0 Å². The molecule has 1 aliphatic carbocycles. The normalized spacial score (nSPS) is 24.1. The molecule has 2 atom stereocenters. The zero-order valence-electron chi connectivity index (χ0n) is 12.7. The fourth-order valence-electron chi connectivity index (χ4n) is 3.37. The highest BCUT2D eigenvalue weighted by Crippen LogP contribution is 2.45. The van der Waals surface area contributed by atoms with E-state index in [9.17, 15) is 5.26 Å². The predicted octanol–water partition coefficient (Wildman–Crippen LogP) is 5.47. The van der Waals surface area contributed by atoms with Crippen LogP contribution in [-0.4, -0.2) is 0 Å². The maximum Gasteiger partial charge on any atom is 0.0890 e. The van der Waals surface area contributed by atoms with Crippen molar-refractivity contribution in [1.29, 1.82) is 5.26 Å². The van der Waals surface area contributed by atoms with Gasteiger partial charge >= 0.3 is 0 Å². The Kier molecular flexibility index (Phi) is 5.01. The van der Waals surface area contributed by atoms with E-state index in [1.54, 1.807) is 0 Å². The Hall–Kier alpha value is -1.55. The maximum absolute atomic E-state index is 10.0. The fourth-order valence-corrected chi connectivity index (χ4v) is 3.37. The molecule has 0 amide bonds. The summed E-state index contributed by atoms with van der Waals surface area (Å²) in [4.78, 5) is 0. The number of hydrogen-bond donors (Lipinski definition) is 0. The van der Waals surface area contributed by atoms with Crippen LogP contribution in [0, 0.1) is 17.2 Å². The minimum absolute atomic E-state index is 0.309. The van der Waals surface area contributed by atoms with Crippen LogP contribution in [0.4, 0.5) is 0 Å². The lowest BCUT2D eigenvalue weighted by molar-refractivity contribution is 0.339. The second-order valence-electron chi connectivity index (χ2n) is 5.88. The molecule has 2 unspecified atom stereocenters. The minimum Gasteiger partial charge on any atom is -0.197 e. The second-order valence-corrected chi connectivity index (χ2v) is 5.88. The van der Waals surface area contributed by atoms with Gasteiger partial charge in [0.15, 0.2) is 0 Å². The van der Waals surface area contributed by atoms with Gasteiger partial charge in [0, 0.05) is 0 Å². The first-order valence-electron chi connectivity index (χ1n) is 7.97. The lowest BCUT2D eigenvalue weighted by Crippen LogP contribution is -2.35. The van der Waals surface area contributed by atoms with E-state index in [0.717, 1.165) is 25.7 Å². The SMILES string of the molecule is CCCCC1C=Cc2ccccc2C1(C#N)CCCC. The molecule has 1 nitrogen and oxygen atoms in total. The first kappa shape index (κ1) is 14.9. The summed E-state index contributed by atoms with van der Waals surface area (Å²) in [6.07, 6.45) is 11.3. The number of nitrogens with zero attached hydrogens (tertiary/aromatic N) is 1. The highest BCUT2D eigenvalue weighted by molar-refractivity contribution is 5.62. The van der Waals surface area contributed by atoms with Crippen molar-refractivity contribution in [2.75, 3.05) is 0 Å². The van der Waals surface area contributed by atoms with Gasteiger partial charge in [0.1, 0.15) is 0 Å². The van der Waals surface area contributed by atoms with Crippen molar-refractivity contribution >= 4 is 6.08 Å². The van der Waals surface area contributed by atoms with Gasteiger partial charge in [-0.1, -0.05) is 75.9 Å². The number of fused-ring (bicyclic) bond motifs is 1. The van der Waals surface area contributed by atoms with Crippen LogP contribution >= 0.6 is 0 Å². The molecule has 20 heavy (non-hydrogen) atoms. The second kappa shape index (κ2) is 6.75. The number of nitriles is 1. The Bertz CT molecular complexity index is 509. The lowest BCUT2D eigenvalue weighted by atomic mass is 9.63. The molecule has 1 aromatic carbocycles. The third kappa shape index (κ3) is 2.66. The molecule has 0 aromatic heterocycles. The molecular formula is C19H25N. The molecule has 0 heterocycles.